The molecule has 2 heterocycles. The van der Waals surface area contributed by atoms with Crippen LogP contribution in [-0.4, -0.2) is 20.3 Å². The highest BCUT2D eigenvalue weighted by molar-refractivity contribution is 5.79. The number of benzene rings is 3. The maximum absolute atomic E-state index is 6.18. The third-order valence-electron chi connectivity index (χ3n) is 4.80. The van der Waals surface area contributed by atoms with Gasteiger partial charge < -0.3 is 18.6 Å². The molecular formula is C24H19NO4. The molecule has 4 aromatic rings. The Bertz CT molecular complexity index is 1240. The van der Waals surface area contributed by atoms with Crippen molar-refractivity contribution in [2.24, 2.45) is 4.99 Å². The van der Waals surface area contributed by atoms with Crippen LogP contribution in [-0.2, 0) is 0 Å². The lowest BCUT2D eigenvalue weighted by atomic mass is 10.1. The first-order valence-corrected chi connectivity index (χ1v) is 9.42. The van der Waals surface area contributed by atoms with Crippen LogP contribution in [0.25, 0.3) is 22.3 Å². The molecule has 0 bridgehead atoms. The van der Waals surface area contributed by atoms with Crippen molar-refractivity contribution in [3.8, 4) is 28.6 Å². The van der Waals surface area contributed by atoms with Gasteiger partial charge in [0.1, 0.15) is 30.3 Å². The monoisotopic (exact) mass is 385 g/mol. The highest BCUT2D eigenvalue weighted by Crippen LogP contribution is 2.34. The number of hydrogen-bond donors (Lipinski definition) is 0. The highest BCUT2D eigenvalue weighted by atomic mass is 16.6. The molecule has 29 heavy (non-hydrogen) atoms. The van der Waals surface area contributed by atoms with Crippen molar-refractivity contribution in [2.75, 3.05) is 20.3 Å². The molecule has 0 atom stereocenters. The van der Waals surface area contributed by atoms with Crippen LogP contribution in [0.2, 0.25) is 0 Å². The molecule has 0 amide bonds. The Labute approximate surface area is 167 Å². The summed E-state index contributed by atoms with van der Waals surface area (Å²) < 4.78 is 22.8. The van der Waals surface area contributed by atoms with E-state index in [1.165, 1.54) is 0 Å². The van der Waals surface area contributed by atoms with Crippen molar-refractivity contribution < 1.29 is 18.6 Å². The number of para-hydroxylation sites is 1. The van der Waals surface area contributed by atoms with Gasteiger partial charge in [0.15, 0.2) is 11.5 Å². The van der Waals surface area contributed by atoms with Gasteiger partial charge in [-0.05, 0) is 54.6 Å². The SMILES string of the molecule is COc1ccc(N=c2cc(-c3ccc4c(c3)OCCO4)oc3ccccc23)cc1. The van der Waals surface area contributed by atoms with Crippen molar-refractivity contribution in [1.82, 2.24) is 0 Å². The second-order valence-electron chi connectivity index (χ2n) is 6.66. The summed E-state index contributed by atoms with van der Waals surface area (Å²) in [6.45, 7) is 1.11. The molecule has 1 aromatic heterocycles. The zero-order chi connectivity index (χ0) is 19.6. The van der Waals surface area contributed by atoms with E-state index in [0.717, 1.165) is 44.8 Å². The smallest absolute Gasteiger partial charge is 0.162 e. The summed E-state index contributed by atoms with van der Waals surface area (Å²) in [6, 6.07) is 23.3. The Hall–Kier alpha value is -3.73. The van der Waals surface area contributed by atoms with Crippen molar-refractivity contribution in [3.63, 3.8) is 0 Å². The topological polar surface area (TPSA) is 53.2 Å². The molecule has 0 N–H and O–H groups in total. The van der Waals surface area contributed by atoms with Gasteiger partial charge in [0, 0.05) is 17.0 Å². The minimum atomic E-state index is 0.545. The Morgan fingerprint density at radius 3 is 2.45 bits per heavy atom. The molecule has 1 aliphatic rings. The third-order valence-corrected chi connectivity index (χ3v) is 4.80. The van der Waals surface area contributed by atoms with E-state index in [1.807, 2.05) is 72.8 Å². The predicted octanol–water partition coefficient (Wildman–Crippen LogP) is 5.11. The van der Waals surface area contributed by atoms with Gasteiger partial charge in [-0.1, -0.05) is 12.1 Å². The summed E-state index contributed by atoms with van der Waals surface area (Å²) >= 11 is 0. The van der Waals surface area contributed by atoms with E-state index >= 15 is 0 Å². The standard InChI is InChI=1S/C24H19NO4/c1-26-18-9-7-17(8-10-18)25-20-15-23(29-21-5-3-2-4-19(20)21)16-6-11-22-24(14-16)28-13-12-27-22/h2-11,14-15H,12-13H2,1H3. The van der Waals surface area contributed by atoms with Gasteiger partial charge in [-0.3, -0.25) is 0 Å². The highest BCUT2D eigenvalue weighted by Gasteiger charge is 2.14. The van der Waals surface area contributed by atoms with Crippen molar-refractivity contribution >= 4 is 16.7 Å². The van der Waals surface area contributed by atoms with Crippen molar-refractivity contribution in [1.29, 1.82) is 0 Å². The average molecular weight is 385 g/mol. The predicted molar refractivity (Wildman–Crippen MR) is 111 cm³/mol. The molecule has 0 saturated carbocycles. The van der Waals surface area contributed by atoms with Gasteiger partial charge in [-0.15, -0.1) is 0 Å². The number of fused-ring (bicyclic) bond motifs is 2. The molecule has 0 aliphatic carbocycles. The third kappa shape index (κ3) is 3.43. The van der Waals surface area contributed by atoms with Gasteiger partial charge in [0.25, 0.3) is 0 Å². The van der Waals surface area contributed by atoms with Gasteiger partial charge in [0.05, 0.1) is 18.2 Å². The summed E-state index contributed by atoms with van der Waals surface area (Å²) in [6.07, 6.45) is 0. The quantitative estimate of drug-likeness (QED) is 0.492. The lowest BCUT2D eigenvalue weighted by Gasteiger charge is -2.18. The van der Waals surface area contributed by atoms with Crippen LogP contribution in [0.1, 0.15) is 0 Å². The maximum atomic E-state index is 6.18. The largest absolute Gasteiger partial charge is 0.497 e. The van der Waals surface area contributed by atoms with Gasteiger partial charge in [0.2, 0.25) is 0 Å². The summed E-state index contributed by atoms with van der Waals surface area (Å²) in [7, 11) is 1.65. The van der Waals surface area contributed by atoms with E-state index < -0.39 is 0 Å². The first-order valence-electron chi connectivity index (χ1n) is 9.42. The number of ether oxygens (including phenoxy) is 3. The van der Waals surface area contributed by atoms with Crippen LogP contribution >= 0.6 is 0 Å². The summed E-state index contributed by atoms with van der Waals surface area (Å²) in [5.74, 6) is 3.00. The molecule has 0 fully saturated rings. The lowest BCUT2D eigenvalue weighted by Crippen LogP contribution is -2.15. The first kappa shape index (κ1) is 17.4. The van der Waals surface area contributed by atoms with E-state index in [0.29, 0.717) is 19.0 Å². The molecular weight excluding hydrogens is 366 g/mol. The van der Waals surface area contributed by atoms with E-state index in [1.54, 1.807) is 7.11 Å². The fourth-order valence-corrected chi connectivity index (χ4v) is 3.34. The fraction of sp³-hybridized carbons (Fsp3) is 0.125. The van der Waals surface area contributed by atoms with Crippen LogP contribution < -0.4 is 19.6 Å². The number of hydrogen-bond acceptors (Lipinski definition) is 5. The molecule has 1 aliphatic heterocycles. The van der Waals surface area contributed by atoms with Crippen LogP contribution in [0.3, 0.4) is 0 Å². The average Bonchev–Trinajstić information content (AvgIpc) is 2.79. The zero-order valence-corrected chi connectivity index (χ0v) is 15.9. The van der Waals surface area contributed by atoms with E-state index in [2.05, 4.69) is 0 Å². The molecule has 5 rings (SSSR count). The Kier molecular flexibility index (Phi) is 4.41. The maximum Gasteiger partial charge on any atom is 0.162 e. The zero-order valence-electron chi connectivity index (χ0n) is 15.9. The molecule has 0 spiro atoms. The fourth-order valence-electron chi connectivity index (χ4n) is 3.34. The number of rotatable bonds is 3. The number of methoxy groups -OCH3 is 1. The molecule has 0 unspecified atom stereocenters. The van der Waals surface area contributed by atoms with Crippen molar-refractivity contribution in [3.05, 3.63) is 78.2 Å². The van der Waals surface area contributed by atoms with E-state index in [9.17, 15) is 0 Å². The van der Waals surface area contributed by atoms with Crippen molar-refractivity contribution in [2.45, 2.75) is 0 Å². The minimum absolute atomic E-state index is 0.545. The van der Waals surface area contributed by atoms with Crippen LogP contribution in [0.4, 0.5) is 5.69 Å². The molecule has 0 radical (unpaired) electrons. The molecule has 5 heteroatoms. The normalized spacial score (nSPS) is 13.5. The minimum Gasteiger partial charge on any atom is -0.497 e. The first-order chi connectivity index (χ1) is 14.3. The summed E-state index contributed by atoms with van der Waals surface area (Å²) in [4.78, 5) is 4.85. The van der Waals surface area contributed by atoms with Gasteiger partial charge >= 0.3 is 0 Å². The van der Waals surface area contributed by atoms with Crippen LogP contribution in [0.15, 0.2) is 82.2 Å². The molecule has 5 nitrogen and oxygen atoms in total. The van der Waals surface area contributed by atoms with Crippen LogP contribution in [0, 0.1) is 0 Å². The Morgan fingerprint density at radius 1 is 0.828 bits per heavy atom. The van der Waals surface area contributed by atoms with Gasteiger partial charge in [-0.25, -0.2) is 4.99 Å². The second-order valence-corrected chi connectivity index (χ2v) is 6.66. The molecule has 0 saturated heterocycles. The van der Waals surface area contributed by atoms with E-state index in [4.69, 9.17) is 23.6 Å². The molecule has 3 aromatic carbocycles. The number of nitrogens with zero attached hydrogens (tertiary/aromatic N) is 1. The summed E-state index contributed by atoms with van der Waals surface area (Å²) in [5.41, 5.74) is 2.52. The summed E-state index contributed by atoms with van der Waals surface area (Å²) in [5, 5.41) is 1.78. The second kappa shape index (κ2) is 7.36. The Balaban J connectivity index is 1.67. The molecule has 144 valence electrons. The lowest BCUT2D eigenvalue weighted by molar-refractivity contribution is 0.171. The van der Waals surface area contributed by atoms with E-state index in [-0.39, 0.29) is 0 Å². The van der Waals surface area contributed by atoms with Crippen LogP contribution in [0.5, 0.6) is 17.2 Å². The van der Waals surface area contributed by atoms with Gasteiger partial charge in [-0.2, -0.15) is 0 Å². The Morgan fingerprint density at radius 2 is 1.62 bits per heavy atom.